The molecule has 3 aromatic carbocycles. The quantitative estimate of drug-likeness (QED) is 0.330. The fourth-order valence-electron chi connectivity index (χ4n) is 3.28. The van der Waals surface area contributed by atoms with E-state index in [0.717, 1.165) is 12.1 Å². The first-order valence-corrected chi connectivity index (χ1v) is 11.0. The Balaban J connectivity index is 1.73. The number of nitriles is 1. The summed E-state index contributed by atoms with van der Waals surface area (Å²) >= 11 is 5.79. The molecule has 0 heterocycles. The molecule has 0 bridgehead atoms. The average Bonchev–Trinajstić information content (AvgIpc) is 2.80. The van der Waals surface area contributed by atoms with Crippen LogP contribution >= 0.6 is 11.6 Å². The minimum absolute atomic E-state index is 0.188. The second-order valence-electron chi connectivity index (χ2n) is 7.98. The van der Waals surface area contributed by atoms with Gasteiger partial charge in [0, 0.05) is 11.3 Å². The van der Waals surface area contributed by atoms with Gasteiger partial charge in [0.15, 0.2) is 0 Å². The Morgan fingerprint density at radius 3 is 2.40 bits per heavy atom. The van der Waals surface area contributed by atoms with Crippen LogP contribution in [0.1, 0.15) is 30.5 Å². The van der Waals surface area contributed by atoms with E-state index in [-0.39, 0.29) is 23.8 Å². The first-order valence-electron chi connectivity index (χ1n) is 10.6. The Bertz CT molecular complexity index is 1220. The zero-order chi connectivity index (χ0) is 25.6. The maximum absolute atomic E-state index is 13.0. The summed E-state index contributed by atoms with van der Waals surface area (Å²) in [4.78, 5) is 12.8. The maximum Gasteiger partial charge on any atom is 0.417 e. The molecule has 9 heteroatoms. The summed E-state index contributed by atoms with van der Waals surface area (Å²) in [5, 5.41) is 12.1. The van der Waals surface area contributed by atoms with Gasteiger partial charge in [0.1, 0.15) is 35.8 Å². The Labute approximate surface area is 206 Å². The first kappa shape index (κ1) is 25.9. The molecule has 3 aromatic rings. The summed E-state index contributed by atoms with van der Waals surface area (Å²) in [6.07, 6.45) is -4.58. The number of halogens is 4. The van der Waals surface area contributed by atoms with Gasteiger partial charge < -0.3 is 14.8 Å². The van der Waals surface area contributed by atoms with Gasteiger partial charge in [0.2, 0.25) is 0 Å². The molecule has 0 saturated carbocycles. The second kappa shape index (κ2) is 11.2. The van der Waals surface area contributed by atoms with Crippen LogP contribution in [-0.2, 0) is 22.3 Å². The van der Waals surface area contributed by atoms with Crippen molar-refractivity contribution in [2.75, 3.05) is 5.32 Å². The van der Waals surface area contributed by atoms with Gasteiger partial charge in [-0.25, -0.2) is 4.79 Å². The number of alkyl halides is 3. The van der Waals surface area contributed by atoms with Crippen LogP contribution in [0.2, 0.25) is 5.02 Å². The van der Waals surface area contributed by atoms with Crippen LogP contribution in [0.4, 0.5) is 18.9 Å². The molecule has 182 valence electrons. The number of carbonyl (C=O) groups is 1. The summed E-state index contributed by atoms with van der Waals surface area (Å²) in [6, 6.07) is 18.3. The summed E-state index contributed by atoms with van der Waals surface area (Å²) in [7, 11) is 0. The van der Waals surface area contributed by atoms with E-state index >= 15 is 0 Å². The van der Waals surface area contributed by atoms with Gasteiger partial charge in [-0.3, -0.25) is 0 Å². The molecule has 1 N–H and O–H groups in total. The number of carbonyl (C=O) groups excluding carboxylic acids is 1. The van der Waals surface area contributed by atoms with E-state index in [1.165, 1.54) is 6.07 Å². The number of nitrogens with zero attached hydrogens (tertiary/aromatic N) is 1. The molecule has 0 fully saturated rings. The van der Waals surface area contributed by atoms with Crippen molar-refractivity contribution in [2.24, 2.45) is 5.92 Å². The fraction of sp³-hybridized carbons (Fsp3) is 0.231. The lowest BCUT2D eigenvalue weighted by Crippen LogP contribution is -2.36. The van der Waals surface area contributed by atoms with Gasteiger partial charge in [0.05, 0.1) is 10.6 Å². The minimum Gasteiger partial charge on any atom is -0.459 e. The molecular weight excluding hydrogens is 481 g/mol. The van der Waals surface area contributed by atoms with Crippen LogP contribution in [0.3, 0.4) is 0 Å². The number of para-hydroxylation sites is 1. The van der Waals surface area contributed by atoms with E-state index < -0.39 is 28.8 Å². The molecular formula is C26H22ClF3N2O3. The van der Waals surface area contributed by atoms with Crippen molar-refractivity contribution >= 4 is 23.3 Å². The molecule has 1 unspecified atom stereocenters. The first-order chi connectivity index (χ1) is 16.6. The predicted octanol–water partition coefficient (Wildman–Crippen LogP) is 7.20. The van der Waals surface area contributed by atoms with E-state index in [1.807, 2.05) is 6.07 Å². The molecule has 0 amide bonds. The standard InChI is InChI=1S/C26H22ClF3N2O3/c1-16(2)24(32-18-11-12-21(22(27)13-18)26(28,29)30)25(33)34-15-17-7-6-10-23(20(17)14-31)35-19-8-4-3-5-9-19/h3-13,16,24,32H,15H2,1-2H3. The SMILES string of the molecule is CC(C)C(Nc1ccc(C(F)(F)F)c(Cl)c1)C(=O)OCc1cccc(Oc2ccccc2)c1C#N. The number of hydrogen-bond donors (Lipinski definition) is 1. The van der Waals surface area contributed by atoms with Crippen molar-refractivity contribution in [1.82, 2.24) is 0 Å². The van der Waals surface area contributed by atoms with Crippen molar-refractivity contribution in [3.63, 3.8) is 0 Å². The predicted molar refractivity (Wildman–Crippen MR) is 126 cm³/mol. The lowest BCUT2D eigenvalue weighted by Gasteiger charge is -2.23. The number of ether oxygens (including phenoxy) is 2. The van der Waals surface area contributed by atoms with Crippen molar-refractivity contribution in [3.8, 4) is 17.6 Å². The molecule has 0 aliphatic carbocycles. The van der Waals surface area contributed by atoms with Crippen LogP contribution < -0.4 is 10.1 Å². The number of esters is 1. The van der Waals surface area contributed by atoms with Crippen molar-refractivity contribution in [1.29, 1.82) is 5.26 Å². The normalized spacial score (nSPS) is 12.1. The molecule has 35 heavy (non-hydrogen) atoms. The number of rotatable bonds is 8. The van der Waals surface area contributed by atoms with E-state index in [9.17, 15) is 23.2 Å². The largest absolute Gasteiger partial charge is 0.459 e. The lowest BCUT2D eigenvalue weighted by atomic mass is 10.0. The zero-order valence-corrected chi connectivity index (χ0v) is 19.7. The average molecular weight is 503 g/mol. The third-order valence-corrected chi connectivity index (χ3v) is 5.40. The highest BCUT2D eigenvalue weighted by Gasteiger charge is 2.33. The summed E-state index contributed by atoms with van der Waals surface area (Å²) in [6.45, 7) is 3.34. The van der Waals surface area contributed by atoms with E-state index in [1.54, 1.807) is 56.3 Å². The van der Waals surface area contributed by atoms with Crippen LogP contribution in [0.5, 0.6) is 11.5 Å². The van der Waals surface area contributed by atoms with Crippen LogP contribution in [0.25, 0.3) is 0 Å². The van der Waals surface area contributed by atoms with Gasteiger partial charge in [-0.1, -0.05) is 55.8 Å². The summed E-state index contributed by atoms with van der Waals surface area (Å²) in [5.41, 5.74) is -0.0354. The molecule has 1 atom stereocenters. The highest BCUT2D eigenvalue weighted by molar-refractivity contribution is 6.31. The number of benzene rings is 3. The monoisotopic (exact) mass is 502 g/mol. The Hall–Kier alpha value is -3.70. The lowest BCUT2D eigenvalue weighted by molar-refractivity contribution is -0.147. The molecule has 0 radical (unpaired) electrons. The van der Waals surface area contributed by atoms with Gasteiger partial charge in [-0.2, -0.15) is 18.4 Å². The number of hydrogen-bond acceptors (Lipinski definition) is 5. The maximum atomic E-state index is 13.0. The van der Waals surface area contributed by atoms with Crippen LogP contribution in [0.15, 0.2) is 66.7 Å². The second-order valence-corrected chi connectivity index (χ2v) is 8.39. The van der Waals surface area contributed by atoms with E-state index in [0.29, 0.717) is 17.1 Å². The van der Waals surface area contributed by atoms with Crippen LogP contribution in [-0.4, -0.2) is 12.0 Å². The molecule has 0 aliphatic rings. The van der Waals surface area contributed by atoms with Crippen molar-refractivity contribution in [3.05, 3.63) is 88.4 Å². The van der Waals surface area contributed by atoms with E-state index in [4.69, 9.17) is 21.1 Å². The van der Waals surface area contributed by atoms with Gasteiger partial charge in [0.25, 0.3) is 0 Å². The zero-order valence-electron chi connectivity index (χ0n) is 18.9. The van der Waals surface area contributed by atoms with Crippen molar-refractivity contribution in [2.45, 2.75) is 32.7 Å². The molecule has 0 aliphatic heterocycles. The summed E-state index contributed by atoms with van der Waals surface area (Å²) in [5.74, 6) is -0.0105. The Kier molecular flexibility index (Phi) is 8.26. The fourth-order valence-corrected chi connectivity index (χ4v) is 3.56. The van der Waals surface area contributed by atoms with Crippen LogP contribution in [0, 0.1) is 17.2 Å². The van der Waals surface area contributed by atoms with Gasteiger partial charge >= 0.3 is 12.1 Å². The molecule has 0 aromatic heterocycles. The smallest absolute Gasteiger partial charge is 0.417 e. The minimum atomic E-state index is -4.58. The van der Waals surface area contributed by atoms with Gasteiger partial charge in [-0.05, 0) is 42.3 Å². The van der Waals surface area contributed by atoms with Crippen molar-refractivity contribution < 1.29 is 27.4 Å². The highest BCUT2D eigenvalue weighted by Crippen LogP contribution is 2.36. The topological polar surface area (TPSA) is 71.3 Å². The number of nitrogens with one attached hydrogen (secondary N) is 1. The molecule has 0 saturated heterocycles. The van der Waals surface area contributed by atoms with E-state index in [2.05, 4.69) is 11.4 Å². The third kappa shape index (κ3) is 6.67. The Morgan fingerprint density at radius 2 is 1.80 bits per heavy atom. The number of anilines is 1. The Morgan fingerprint density at radius 1 is 1.09 bits per heavy atom. The van der Waals surface area contributed by atoms with Gasteiger partial charge in [-0.15, -0.1) is 0 Å². The summed E-state index contributed by atoms with van der Waals surface area (Å²) < 4.78 is 50.1. The third-order valence-electron chi connectivity index (χ3n) is 5.08. The molecule has 3 rings (SSSR count). The molecule has 5 nitrogen and oxygen atoms in total. The molecule has 0 spiro atoms. The highest BCUT2D eigenvalue weighted by atomic mass is 35.5.